The van der Waals surface area contributed by atoms with Gasteiger partial charge in [-0.2, -0.15) is 5.10 Å². The van der Waals surface area contributed by atoms with Gasteiger partial charge in [0.2, 0.25) is 0 Å². The summed E-state index contributed by atoms with van der Waals surface area (Å²) in [6.07, 6.45) is 1.82. The van der Waals surface area contributed by atoms with Crippen LogP contribution in [0.15, 0.2) is 53.6 Å². The molecule has 1 unspecified atom stereocenters. The average molecular weight is 466 g/mol. The van der Waals surface area contributed by atoms with Gasteiger partial charge >= 0.3 is 5.97 Å². The summed E-state index contributed by atoms with van der Waals surface area (Å²) in [5, 5.41) is 7.38. The highest BCUT2D eigenvalue weighted by molar-refractivity contribution is 8.00. The SMILES string of the molecule is COC(=O)C1(C)CN(CC(=O)N(SC)c2ccc(Cl)cc2)N=C1c1ccc(Cl)cc1. The number of hydrogen-bond acceptors (Lipinski definition) is 6. The molecule has 0 aromatic heterocycles. The summed E-state index contributed by atoms with van der Waals surface area (Å²) in [6.45, 7) is 2.00. The molecule has 158 valence electrons. The van der Waals surface area contributed by atoms with Crippen LogP contribution in [0.1, 0.15) is 12.5 Å². The van der Waals surface area contributed by atoms with Crippen LogP contribution in [0.4, 0.5) is 5.69 Å². The van der Waals surface area contributed by atoms with Crippen LogP contribution in [0.2, 0.25) is 10.0 Å². The molecule has 2 aromatic rings. The molecule has 3 rings (SSSR count). The second-order valence-corrected chi connectivity index (χ2v) is 8.55. The molecule has 30 heavy (non-hydrogen) atoms. The van der Waals surface area contributed by atoms with Crippen molar-refractivity contribution in [3.05, 3.63) is 64.1 Å². The lowest BCUT2D eigenvalue weighted by atomic mass is 9.82. The van der Waals surface area contributed by atoms with Gasteiger partial charge in [-0.1, -0.05) is 35.3 Å². The van der Waals surface area contributed by atoms with Crippen LogP contribution < -0.4 is 4.31 Å². The number of hydrazone groups is 1. The zero-order valence-electron chi connectivity index (χ0n) is 16.8. The summed E-state index contributed by atoms with van der Waals surface area (Å²) < 4.78 is 6.60. The van der Waals surface area contributed by atoms with Crippen molar-refractivity contribution >= 4 is 58.4 Å². The monoisotopic (exact) mass is 465 g/mol. The first-order valence-corrected chi connectivity index (χ1v) is 11.0. The first kappa shape index (κ1) is 22.5. The second-order valence-electron chi connectivity index (χ2n) is 6.95. The van der Waals surface area contributed by atoms with E-state index in [1.54, 1.807) is 64.8 Å². The molecule has 1 aliphatic heterocycles. The van der Waals surface area contributed by atoms with Gasteiger partial charge in [0.15, 0.2) is 0 Å². The largest absolute Gasteiger partial charge is 0.468 e. The van der Waals surface area contributed by atoms with Crippen molar-refractivity contribution in [3.8, 4) is 0 Å². The molecule has 1 atom stereocenters. The predicted molar refractivity (Wildman–Crippen MR) is 122 cm³/mol. The summed E-state index contributed by atoms with van der Waals surface area (Å²) in [5.41, 5.74) is 1.00. The molecule has 9 heteroatoms. The lowest BCUT2D eigenvalue weighted by Crippen LogP contribution is -2.42. The van der Waals surface area contributed by atoms with Crippen molar-refractivity contribution in [2.24, 2.45) is 10.5 Å². The Morgan fingerprint density at radius 1 is 1.13 bits per heavy atom. The number of amides is 1. The molecule has 2 aromatic carbocycles. The predicted octanol–water partition coefficient (Wildman–Crippen LogP) is 4.50. The van der Waals surface area contributed by atoms with Gasteiger partial charge in [0.25, 0.3) is 5.91 Å². The van der Waals surface area contributed by atoms with Gasteiger partial charge in [-0.3, -0.25) is 18.9 Å². The van der Waals surface area contributed by atoms with E-state index in [0.29, 0.717) is 21.4 Å². The van der Waals surface area contributed by atoms with Gasteiger partial charge in [0.05, 0.1) is 25.1 Å². The molecular formula is C21H21Cl2N3O3S. The fraction of sp³-hybridized carbons (Fsp3) is 0.286. The van der Waals surface area contributed by atoms with E-state index in [4.69, 9.17) is 27.9 Å². The number of benzene rings is 2. The lowest BCUT2D eigenvalue weighted by molar-refractivity contribution is -0.148. The summed E-state index contributed by atoms with van der Waals surface area (Å²) >= 11 is 13.2. The first-order valence-electron chi connectivity index (χ1n) is 9.09. The van der Waals surface area contributed by atoms with Crippen molar-refractivity contribution in [1.29, 1.82) is 0 Å². The number of ether oxygens (including phenoxy) is 1. The van der Waals surface area contributed by atoms with Crippen LogP contribution in [0.3, 0.4) is 0 Å². The van der Waals surface area contributed by atoms with Crippen molar-refractivity contribution in [2.75, 3.05) is 30.8 Å². The normalized spacial score (nSPS) is 18.2. The number of carbonyl (C=O) groups is 2. The van der Waals surface area contributed by atoms with Crippen molar-refractivity contribution in [2.45, 2.75) is 6.92 Å². The second kappa shape index (κ2) is 9.29. The number of methoxy groups -OCH3 is 1. The first-order chi connectivity index (χ1) is 14.3. The Labute approximate surface area is 189 Å². The molecule has 0 N–H and O–H groups in total. The Morgan fingerprint density at radius 2 is 1.70 bits per heavy atom. The third kappa shape index (κ3) is 4.58. The van der Waals surface area contributed by atoms with E-state index in [-0.39, 0.29) is 19.0 Å². The Hall–Kier alpha value is -2.22. The van der Waals surface area contributed by atoms with Crippen LogP contribution in [0.5, 0.6) is 0 Å². The van der Waals surface area contributed by atoms with Crippen molar-refractivity contribution < 1.29 is 14.3 Å². The van der Waals surface area contributed by atoms with E-state index < -0.39 is 11.4 Å². The number of anilines is 1. The minimum Gasteiger partial charge on any atom is -0.468 e. The third-order valence-corrected chi connectivity index (χ3v) is 6.09. The third-order valence-electron chi connectivity index (χ3n) is 4.80. The Bertz CT molecular complexity index is 966. The number of nitrogens with zero attached hydrogens (tertiary/aromatic N) is 3. The molecule has 0 spiro atoms. The van der Waals surface area contributed by atoms with Gasteiger partial charge < -0.3 is 4.74 Å². The maximum atomic E-state index is 13.0. The Morgan fingerprint density at radius 3 is 2.23 bits per heavy atom. The van der Waals surface area contributed by atoms with E-state index >= 15 is 0 Å². The van der Waals surface area contributed by atoms with Crippen LogP contribution in [0, 0.1) is 5.41 Å². The van der Waals surface area contributed by atoms with E-state index in [0.717, 1.165) is 5.56 Å². The fourth-order valence-corrected chi connectivity index (χ4v) is 4.18. The van der Waals surface area contributed by atoms with Crippen LogP contribution in [-0.2, 0) is 14.3 Å². The molecule has 0 saturated carbocycles. The Balaban J connectivity index is 1.86. The number of esters is 1. The van der Waals surface area contributed by atoms with Gasteiger partial charge in [0, 0.05) is 16.3 Å². The Kier molecular flexibility index (Phi) is 6.95. The van der Waals surface area contributed by atoms with Gasteiger partial charge in [-0.15, -0.1) is 0 Å². The van der Waals surface area contributed by atoms with Gasteiger partial charge in [-0.05, 0) is 60.8 Å². The molecule has 0 bridgehead atoms. The number of rotatable bonds is 6. The minimum absolute atomic E-state index is 0.00708. The molecule has 0 aliphatic carbocycles. The van der Waals surface area contributed by atoms with E-state index in [1.165, 1.54) is 19.1 Å². The van der Waals surface area contributed by atoms with Crippen molar-refractivity contribution in [1.82, 2.24) is 5.01 Å². The summed E-state index contributed by atoms with van der Waals surface area (Å²) in [4.78, 5) is 25.6. The molecule has 0 fully saturated rings. The highest BCUT2D eigenvalue weighted by Gasteiger charge is 2.47. The lowest BCUT2D eigenvalue weighted by Gasteiger charge is -2.25. The van der Waals surface area contributed by atoms with Crippen LogP contribution >= 0.6 is 35.1 Å². The molecule has 1 heterocycles. The standard InChI is InChI=1S/C21H21Cl2N3O3S/c1-21(20(28)29-2)13-25(24-19(21)14-4-6-15(22)7-5-14)12-18(27)26(30-3)17-10-8-16(23)9-11-17/h4-11H,12-13H2,1-3H3. The van der Waals surface area contributed by atoms with Gasteiger partial charge in [0.1, 0.15) is 12.0 Å². The molecule has 1 aliphatic rings. The van der Waals surface area contributed by atoms with Crippen molar-refractivity contribution in [3.63, 3.8) is 0 Å². The summed E-state index contributed by atoms with van der Waals surface area (Å²) in [5.74, 6) is -0.580. The highest BCUT2D eigenvalue weighted by Crippen LogP contribution is 2.33. The molecular weight excluding hydrogens is 445 g/mol. The van der Waals surface area contributed by atoms with Crippen LogP contribution in [0.25, 0.3) is 0 Å². The van der Waals surface area contributed by atoms with E-state index in [9.17, 15) is 9.59 Å². The minimum atomic E-state index is -1.01. The summed E-state index contributed by atoms with van der Waals surface area (Å²) in [6, 6.07) is 14.1. The highest BCUT2D eigenvalue weighted by atomic mass is 35.5. The molecule has 1 amide bonds. The molecule has 0 radical (unpaired) electrons. The maximum Gasteiger partial charge on any atom is 0.319 e. The molecule has 0 saturated heterocycles. The number of hydrogen-bond donors (Lipinski definition) is 0. The smallest absolute Gasteiger partial charge is 0.319 e. The molecule has 6 nitrogen and oxygen atoms in total. The maximum absolute atomic E-state index is 13.0. The van der Waals surface area contributed by atoms with Crippen LogP contribution in [-0.4, -0.2) is 49.1 Å². The quantitative estimate of drug-likeness (QED) is 0.463. The topological polar surface area (TPSA) is 62.2 Å². The zero-order valence-corrected chi connectivity index (χ0v) is 19.1. The van der Waals surface area contributed by atoms with Gasteiger partial charge in [-0.25, -0.2) is 0 Å². The van der Waals surface area contributed by atoms with E-state index in [2.05, 4.69) is 5.10 Å². The average Bonchev–Trinajstić information content (AvgIpc) is 3.07. The fourth-order valence-electron chi connectivity index (χ4n) is 3.34. The number of carbonyl (C=O) groups excluding carboxylic acids is 2. The number of halogens is 2. The summed E-state index contributed by atoms with van der Waals surface area (Å²) in [7, 11) is 1.34. The zero-order chi connectivity index (χ0) is 21.9. The van der Waals surface area contributed by atoms with E-state index in [1.807, 2.05) is 6.26 Å².